The van der Waals surface area contributed by atoms with Crippen LogP contribution in [-0.2, 0) is 31.4 Å². The van der Waals surface area contributed by atoms with Crippen molar-refractivity contribution in [2.45, 2.75) is 43.9 Å². The van der Waals surface area contributed by atoms with Crippen LogP contribution in [-0.4, -0.2) is 39.6 Å². The summed E-state index contributed by atoms with van der Waals surface area (Å²) in [4.78, 5) is 26.3. The molecule has 1 aromatic carbocycles. The van der Waals surface area contributed by atoms with Crippen molar-refractivity contribution in [1.29, 1.82) is 0 Å². The van der Waals surface area contributed by atoms with Crippen molar-refractivity contribution in [3.05, 3.63) is 46.2 Å². The monoisotopic (exact) mass is 461 g/mol. The zero-order valence-corrected chi connectivity index (χ0v) is 19.2. The number of amides is 2. The highest BCUT2D eigenvalue weighted by Gasteiger charge is 2.37. The number of carbonyl (C=O) groups is 2. The molecule has 1 fully saturated rings. The van der Waals surface area contributed by atoms with Gasteiger partial charge in [-0.05, 0) is 54.8 Å². The van der Waals surface area contributed by atoms with Crippen molar-refractivity contribution in [3.63, 3.8) is 0 Å². The molecule has 1 aliphatic carbocycles. The Bertz CT molecular complexity index is 1070. The Morgan fingerprint density at radius 2 is 1.90 bits per heavy atom. The molecule has 7 nitrogen and oxygen atoms in total. The summed E-state index contributed by atoms with van der Waals surface area (Å²) >= 11 is 1.69. The molecule has 0 bridgehead atoms. The van der Waals surface area contributed by atoms with E-state index in [1.54, 1.807) is 23.5 Å². The Hall–Kier alpha value is -2.39. The van der Waals surface area contributed by atoms with Crippen molar-refractivity contribution in [3.8, 4) is 0 Å². The SMILES string of the molecule is CS(=O)(=O)N1CCCc2ccc(NC(=O)C(=O)NCC3(c4cccs4)CCCC3)cc21. The standard InChI is InChI=1S/C22H27N3O4S2/c1-31(28,29)25-12-4-6-16-8-9-17(14-18(16)25)24-21(27)20(26)23-15-22(10-2-3-11-22)19-7-5-13-30-19/h5,7-9,13-14H,2-4,6,10-12,15H2,1H3,(H,23,26)(H,24,27). The summed E-state index contributed by atoms with van der Waals surface area (Å²) in [6.45, 7) is 0.848. The van der Waals surface area contributed by atoms with E-state index in [1.807, 2.05) is 17.5 Å². The van der Waals surface area contributed by atoms with Crippen LogP contribution in [0.1, 0.15) is 42.5 Å². The van der Waals surface area contributed by atoms with Crippen LogP contribution in [0.3, 0.4) is 0 Å². The zero-order valence-electron chi connectivity index (χ0n) is 17.5. The smallest absolute Gasteiger partial charge is 0.313 e. The molecular formula is C22H27N3O4S2. The molecule has 166 valence electrons. The minimum atomic E-state index is -3.41. The van der Waals surface area contributed by atoms with Crippen molar-refractivity contribution in [2.24, 2.45) is 0 Å². The number of benzene rings is 1. The molecule has 1 aromatic heterocycles. The number of hydrogen-bond acceptors (Lipinski definition) is 5. The molecule has 1 aliphatic heterocycles. The number of rotatable bonds is 5. The highest BCUT2D eigenvalue weighted by molar-refractivity contribution is 7.92. The molecule has 0 saturated heterocycles. The number of nitrogens with one attached hydrogen (secondary N) is 2. The van der Waals surface area contributed by atoms with Gasteiger partial charge in [0.25, 0.3) is 0 Å². The van der Waals surface area contributed by atoms with E-state index < -0.39 is 21.8 Å². The average molecular weight is 462 g/mol. The van der Waals surface area contributed by atoms with Crippen LogP contribution >= 0.6 is 11.3 Å². The molecule has 0 radical (unpaired) electrons. The van der Waals surface area contributed by atoms with Gasteiger partial charge < -0.3 is 10.6 Å². The second-order valence-electron chi connectivity index (χ2n) is 8.38. The normalized spacial score (nSPS) is 17.8. The van der Waals surface area contributed by atoms with Crippen LogP contribution in [0.25, 0.3) is 0 Å². The van der Waals surface area contributed by atoms with E-state index in [0.717, 1.165) is 44.1 Å². The van der Waals surface area contributed by atoms with E-state index in [0.29, 0.717) is 24.5 Å². The first kappa shape index (κ1) is 21.8. The maximum absolute atomic E-state index is 12.5. The van der Waals surface area contributed by atoms with Gasteiger partial charge in [0.1, 0.15) is 0 Å². The number of aryl methyl sites for hydroxylation is 1. The Balaban J connectivity index is 1.43. The van der Waals surface area contributed by atoms with Crippen LogP contribution in [0.2, 0.25) is 0 Å². The Morgan fingerprint density at radius 3 is 2.58 bits per heavy atom. The predicted molar refractivity (Wildman–Crippen MR) is 123 cm³/mol. The van der Waals surface area contributed by atoms with Gasteiger partial charge in [-0.2, -0.15) is 0 Å². The molecule has 2 N–H and O–H groups in total. The summed E-state index contributed by atoms with van der Waals surface area (Å²) in [6, 6.07) is 9.27. The minimum absolute atomic E-state index is 0.0914. The predicted octanol–water partition coefficient (Wildman–Crippen LogP) is 3.03. The lowest BCUT2D eigenvalue weighted by Crippen LogP contribution is -2.43. The van der Waals surface area contributed by atoms with Gasteiger partial charge in [0.2, 0.25) is 10.0 Å². The number of sulfonamides is 1. The van der Waals surface area contributed by atoms with E-state index in [9.17, 15) is 18.0 Å². The van der Waals surface area contributed by atoms with Gasteiger partial charge in [-0.1, -0.05) is 25.0 Å². The van der Waals surface area contributed by atoms with Crippen LogP contribution in [0.15, 0.2) is 35.7 Å². The molecular weight excluding hydrogens is 434 g/mol. The molecule has 0 spiro atoms. The van der Waals surface area contributed by atoms with Gasteiger partial charge in [0.15, 0.2) is 0 Å². The van der Waals surface area contributed by atoms with Gasteiger partial charge in [-0.15, -0.1) is 11.3 Å². The molecule has 0 unspecified atom stereocenters. The molecule has 2 aliphatic rings. The summed E-state index contributed by atoms with van der Waals surface area (Å²) in [5.41, 5.74) is 1.79. The molecule has 0 atom stereocenters. The maximum Gasteiger partial charge on any atom is 0.313 e. The van der Waals surface area contributed by atoms with Gasteiger partial charge in [0.05, 0.1) is 11.9 Å². The fraction of sp³-hybridized carbons (Fsp3) is 0.455. The summed E-state index contributed by atoms with van der Waals surface area (Å²) in [7, 11) is -3.41. The molecule has 4 rings (SSSR count). The molecule has 2 heterocycles. The second-order valence-corrected chi connectivity index (χ2v) is 11.2. The number of anilines is 2. The second kappa shape index (κ2) is 8.63. The quantitative estimate of drug-likeness (QED) is 0.669. The third kappa shape index (κ3) is 4.62. The lowest BCUT2D eigenvalue weighted by molar-refractivity contribution is -0.136. The van der Waals surface area contributed by atoms with Gasteiger partial charge >= 0.3 is 11.8 Å². The Labute approximate surface area is 186 Å². The van der Waals surface area contributed by atoms with Crippen molar-refractivity contribution in [2.75, 3.05) is 29.0 Å². The van der Waals surface area contributed by atoms with Crippen LogP contribution in [0, 0.1) is 0 Å². The fourth-order valence-corrected chi connectivity index (χ4v) is 6.60. The zero-order chi connectivity index (χ0) is 22.1. The number of thiophene rings is 1. The summed E-state index contributed by atoms with van der Waals surface area (Å²) < 4.78 is 25.6. The Morgan fingerprint density at radius 1 is 1.13 bits per heavy atom. The van der Waals surface area contributed by atoms with Gasteiger partial charge in [-0.25, -0.2) is 8.42 Å². The van der Waals surface area contributed by atoms with E-state index in [2.05, 4.69) is 16.7 Å². The van der Waals surface area contributed by atoms with Crippen molar-refractivity contribution >= 4 is 44.5 Å². The number of fused-ring (bicyclic) bond motifs is 1. The third-order valence-corrected chi connectivity index (χ3v) is 8.51. The Kier molecular flexibility index (Phi) is 6.07. The summed E-state index contributed by atoms with van der Waals surface area (Å²) in [5.74, 6) is -1.43. The third-order valence-electron chi connectivity index (χ3n) is 6.22. The molecule has 2 amide bonds. The van der Waals surface area contributed by atoms with E-state index in [4.69, 9.17) is 0 Å². The van der Waals surface area contributed by atoms with Crippen LogP contribution in [0.5, 0.6) is 0 Å². The van der Waals surface area contributed by atoms with Crippen molar-refractivity contribution < 1.29 is 18.0 Å². The van der Waals surface area contributed by atoms with Crippen molar-refractivity contribution in [1.82, 2.24) is 5.32 Å². The maximum atomic E-state index is 12.5. The molecule has 9 heteroatoms. The van der Waals surface area contributed by atoms with Gasteiger partial charge in [0, 0.05) is 29.1 Å². The number of hydrogen-bond donors (Lipinski definition) is 2. The largest absolute Gasteiger partial charge is 0.347 e. The first-order valence-corrected chi connectivity index (χ1v) is 13.3. The minimum Gasteiger partial charge on any atom is -0.347 e. The van der Waals surface area contributed by atoms with E-state index >= 15 is 0 Å². The number of carbonyl (C=O) groups excluding carboxylic acids is 2. The summed E-state index contributed by atoms with van der Waals surface area (Å²) in [6.07, 6.45) is 6.94. The first-order chi connectivity index (χ1) is 14.8. The highest BCUT2D eigenvalue weighted by atomic mass is 32.2. The topological polar surface area (TPSA) is 95.6 Å². The molecule has 31 heavy (non-hydrogen) atoms. The summed E-state index contributed by atoms with van der Waals surface area (Å²) in [5, 5.41) is 7.48. The lowest BCUT2D eigenvalue weighted by atomic mass is 9.84. The first-order valence-electron chi connectivity index (χ1n) is 10.5. The molecule has 2 aromatic rings. The average Bonchev–Trinajstić information content (AvgIpc) is 3.43. The lowest BCUT2D eigenvalue weighted by Gasteiger charge is -2.29. The van der Waals surface area contributed by atoms with E-state index in [-0.39, 0.29) is 5.41 Å². The fourth-order valence-electron chi connectivity index (χ4n) is 4.62. The van der Waals surface area contributed by atoms with Crippen LogP contribution < -0.4 is 14.9 Å². The number of nitrogens with zero attached hydrogens (tertiary/aromatic N) is 1. The van der Waals surface area contributed by atoms with E-state index in [1.165, 1.54) is 15.4 Å². The molecule has 1 saturated carbocycles. The van der Waals surface area contributed by atoms with Crippen LogP contribution in [0.4, 0.5) is 11.4 Å². The highest BCUT2D eigenvalue weighted by Crippen LogP contribution is 2.42. The van der Waals surface area contributed by atoms with Gasteiger partial charge in [-0.3, -0.25) is 13.9 Å².